The number of methoxy groups -OCH3 is 1. The third kappa shape index (κ3) is 4.49. The van der Waals surface area contributed by atoms with Crippen LogP contribution in [0, 0.1) is 0 Å². The summed E-state index contributed by atoms with van der Waals surface area (Å²) in [5, 5.41) is 0. The summed E-state index contributed by atoms with van der Waals surface area (Å²) in [4.78, 5) is 1.37. The first-order valence-electron chi connectivity index (χ1n) is 5.90. The summed E-state index contributed by atoms with van der Waals surface area (Å²) in [6.45, 7) is 3.66. The van der Waals surface area contributed by atoms with Crippen LogP contribution >= 0.6 is 0 Å². The van der Waals surface area contributed by atoms with Gasteiger partial charge in [-0.1, -0.05) is 18.2 Å². The minimum atomic E-state index is 0.696. The van der Waals surface area contributed by atoms with E-state index in [-0.39, 0.29) is 0 Å². The van der Waals surface area contributed by atoms with Crippen molar-refractivity contribution in [3.8, 4) is 11.5 Å². The van der Waals surface area contributed by atoms with Gasteiger partial charge >= 0.3 is 0 Å². The fourth-order valence-corrected chi connectivity index (χ4v) is 1.46. The molecular weight excluding hydrogens is 214 g/mol. The molecule has 3 nitrogen and oxygen atoms in total. The van der Waals surface area contributed by atoms with Gasteiger partial charge in [0.2, 0.25) is 0 Å². The smallest absolute Gasteiger partial charge is 0.161 e. The first-order chi connectivity index (χ1) is 8.17. The van der Waals surface area contributed by atoms with Gasteiger partial charge in [0.1, 0.15) is 13.2 Å². The lowest BCUT2D eigenvalue weighted by molar-refractivity contribution is -0.858. The van der Waals surface area contributed by atoms with E-state index in [1.807, 2.05) is 37.3 Å². The van der Waals surface area contributed by atoms with Gasteiger partial charge in [0.25, 0.3) is 0 Å². The lowest BCUT2D eigenvalue weighted by Crippen LogP contribution is -3.06. The third-order valence-corrected chi connectivity index (χ3v) is 2.41. The van der Waals surface area contributed by atoms with E-state index in [0.717, 1.165) is 23.6 Å². The van der Waals surface area contributed by atoms with Gasteiger partial charge in [-0.15, -0.1) is 0 Å². The fraction of sp³-hybridized carbons (Fsp3) is 0.429. The highest BCUT2D eigenvalue weighted by Crippen LogP contribution is 2.28. The molecule has 0 atom stereocenters. The number of likely N-dealkylation sites (N-methyl/N-ethyl adjacent to an activating group) is 1. The zero-order valence-electron chi connectivity index (χ0n) is 11.1. The van der Waals surface area contributed by atoms with Crippen molar-refractivity contribution in [3.05, 3.63) is 29.8 Å². The maximum Gasteiger partial charge on any atom is 0.161 e. The van der Waals surface area contributed by atoms with E-state index < -0.39 is 0 Å². The Morgan fingerprint density at radius 3 is 2.59 bits per heavy atom. The van der Waals surface area contributed by atoms with Gasteiger partial charge in [0.15, 0.2) is 11.5 Å². The molecule has 1 aromatic carbocycles. The van der Waals surface area contributed by atoms with Gasteiger partial charge in [-0.2, -0.15) is 0 Å². The first kappa shape index (κ1) is 13.6. The number of rotatable bonds is 6. The van der Waals surface area contributed by atoms with Crippen LogP contribution in [0.2, 0.25) is 0 Å². The van der Waals surface area contributed by atoms with Gasteiger partial charge in [-0.25, -0.2) is 0 Å². The van der Waals surface area contributed by atoms with E-state index in [2.05, 4.69) is 14.1 Å². The van der Waals surface area contributed by atoms with Crippen LogP contribution in [0.5, 0.6) is 11.5 Å². The van der Waals surface area contributed by atoms with Crippen molar-refractivity contribution in [2.45, 2.75) is 6.92 Å². The van der Waals surface area contributed by atoms with Crippen LogP contribution in [-0.2, 0) is 0 Å². The summed E-state index contributed by atoms with van der Waals surface area (Å²) in [5.74, 6) is 1.59. The lowest BCUT2D eigenvalue weighted by Gasteiger charge is -2.12. The highest BCUT2D eigenvalue weighted by atomic mass is 16.5. The summed E-state index contributed by atoms with van der Waals surface area (Å²) in [6, 6.07) is 5.97. The molecule has 1 aromatic rings. The second-order valence-electron chi connectivity index (χ2n) is 4.22. The van der Waals surface area contributed by atoms with E-state index >= 15 is 0 Å². The molecule has 0 aliphatic heterocycles. The van der Waals surface area contributed by atoms with E-state index in [4.69, 9.17) is 9.47 Å². The summed E-state index contributed by atoms with van der Waals surface area (Å²) in [5.41, 5.74) is 1.12. The summed E-state index contributed by atoms with van der Waals surface area (Å²) in [7, 11) is 5.88. The van der Waals surface area contributed by atoms with Crippen LogP contribution in [0.15, 0.2) is 24.3 Å². The molecule has 0 saturated heterocycles. The molecule has 0 fully saturated rings. The molecule has 0 aromatic heterocycles. The molecule has 3 heteroatoms. The van der Waals surface area contributed by atoms with Gasteiger partial charge < -0.3 is 14.4 Å². The molecule has 94 valence electrons. The molecule has 17 heavy (non-hydrogen) atoms. The van der Waals surface area contributed by atoms with E-state index in [1.54, 1.807) is 7.11 Å². The molecular formula is C14H22NO2+. The quantitative estimate of drug-likeness (QED) is 0.803. The van der Waals surface area contributed by atoms with Crippen LogP contribution in [-0.4, -0.2) is 34.4 Å². The Morgan fingerprint density at radius 1 is 1.24 bits per heavy atom. The van der Waals surface area contributed by atoms with Crippen LogP contribution < -0.4 is 14.4 Å². The minimum Gasteiger partial charge on any atom is -0.493 e. The zero-order chi connectivity index (χ0) is 12.7. The SMILES string of the molecule is C/C=C/c1ccc(OCC[NH+](C)C)c(OC)c1. The van der Waals surface area contributed by atoms with Crippen molar-refractivity contribution in [2.24, 2.45) is 0 Å². The molecule has 0 bridgehead atoms. The Hall–Kier alpha value is -1.48. The molecule has 1 rings (SSSR count). The second-order valence-corrected chi connectivity index (χ2v) is 4.22. The summed E-state index contributed by atoms with van der Waals surface area (Å²) < 4.78 is 11.0. The number of nitrogens with one attached hydrogen (secondary N) is 1. The topological polar surface area (TPSA) is 22.9 Å². The predicted octanol–water partition coefficient (Wildman–Crippen LogP) is 1.25. The Labute approximate surface area is 104 Å². The molecule has 0 heterocycles. The molecule has 0 radical (unpaired) electrons. The summed E-state index contributed by atoms with van der Waals surface area (Å²) in [6.07, 6.45) is 4.04. The largest absolute Gasteiger partial charge is 0.493 e. The molecule has 0 unspecified atom stereocenters. The predicted molar refractivity (Wildman–Crippen MR) is 70.9 cm³/mol. The minimum absolute atomic E-state index is 0.696. The van der Waals surface area contributed by atoms with Crippen molar-refractivity contribution >= 4 is 6.08 Å². The number of quaternary nitrogens is 1. The van der Waals surface area contributed by atoms with Crippen molar-refractivity contribution < 1.29 is 14.4 Å². The first-order valence-corrected chi connectivity index (χ1v) is 5.90. The fourth-order valence-electron chi connectivity index (χ4n) is 1.46. The maximum atomic E-state index is 5.70. The zero-order valence-corrected chi connectivity index (χ0v) is 11.1. The Kier molecular flexibility index (Phi) is 5.57. The molecule has 1 N–H and O–H groups in total. The number of ether oxygens (including phenoxy) is 2. The van der Waals surface area contributed by atoms with Crippen LogP contribution in [0.1, 0.15) is 12.5 Å². The highest BCUT2D eigenvalue weighted by Gasteiger charge is 2.05. The second kappa shape index (κ2) is 6.97. The monoisotopic (exact) mass is 236 g/mol. The van der Waals surface area contributed by atoms with Gasteiger partial charge in [0.05, 0.1) is 21.2 Å². The molecule has 0 aliphatic rings. The van der Waals surface area contributed by atoms with Crippen molar-refractivity contribution in [2.75, 3.05) is 34.4 Å². The average Bonchev–Trinajstić information content (AvgIpc) is 2.30. The number of allylic oxidation sites excluding steroid dienone is 1. The lowest BCUT2D eigenvalue weighted by atomic mass is 10.2. The van der Waals surface area contributed by atoms with Crippen molar-refractivity contribution in [3.63, 3.8) is 0 Å². The number of hydrogen-bond acceptors (Lipinski definition) is 2. The van der Waals surface area contributed by atoms with Crippen LogP contribution in [0.4, 0.5) is 0 Å². The molecule has 0 saturated carbocycles. The van der Waals surface area contributed by atoms with Crippen molar-refractivity contribution in [1.29, 1.82) is 0 Å². The Balaban J connectivity index is 2.71. The van der Waals surface area contributed by atoms with Crippen LogP contribution in [0.3, 0.4) is 0 Å². The standard InChI is InChI=1S/C14H21NO2/c1-5-6-12-7-8-13(14(11-12)16-4)17-10-9-15(2)3/h5-8,11H,9-10H2,1-4H3/p+1/b6-5+. The number of hydrogen-bond donors (Lipinski definition) is 1. The van der Waals surface area contributed by atoms with E-state index in [1.165, 1.54) is 4.90 Å². The van der Waals surface area contributed by atoms with Crippen molar-refractivity contribution in [1.82, 2.24) is 0 Å². The Morgan fingerprint density at radius 2 is 2.00 bits per heavy atom. The maximum absolute atomic E-state index is 5.70. The third-order valence-electron chi connectivity index (χ3n) is 2.41. The molecule has 0 amide bonds. The van der Waals surface area contributed by atoms with Gasteiger partial charge in [-0.3, -0.25) is 0 Å². The molecule has 0 aliphatic carbocycles. The highest BCUT2D eigenvalue weighted by molar-refractivity contribution is 5.55. The number of benzene rings is 1. The van der Waals surface area contributed by atoms with Crippen LogP contribution in [0.25, 0.3) is 6.08 Å². The summed E-state index contributed by atoms with van der Waals surface area (Å²) >= 11 is 0. The molecule has 0 spiro atoms. The van der Waals surface area contributed by atoms with E-state index in [9.17, 15) is 0 Å². The van der Waals surface area contributed by atoms with Gasteiger partial charge in [-0.05, 0) is 24.6 Å². The van der Waals surface area contributed by atoms with E-state index in [0.29, 0.717) is 6.61 Å². The Bertz CT molecular complexity index is 372. The normalized spacial score (nSPS) is 11.1. The van der Waals surface area contributed by atoms with Gasteiger partial charge in [0, 0.05) is 0 Å². The average molecular weight is 236 g/mol.